The number of thioether (sulfide) groups is 1. The number of hydrogen-bond acceptors (Lipinski definition) is 8. The van der Waals surface area contributed by atoms with Gasteiger partial charge in [-0.1, -0.05) is 36.1 Å². The smallest absolute Gasteiger partial charge is 0.303 e. The van der Waals surface area contributed by atoms with Gasteiger partial charge in [-0.25, -0.2) is 19.2 Å². The summed E-state index contributed by atoms with van der Waals surface area (Å²) in [6.45, 7) is 4.41. The summed E-state index contributed by atoms with van der Waals surface area (Å²) >= 11 is 6.45. The number of rotatable bonds is 11. The minimum Gasteiger partial charge on any atom is -0.492 e. The number of hydrogen-bond donors (Lipinski definition) is 2. The number of carboxylic acid groups (broad SMARTS) is 1. The largest absolute Gasteiger partial charge is 0.492 e. The van der Waals surface area contributed by atoms with Crippen LogP contribution in [-0.4, -0.2) is 77.2 Å². The zero-order valence-corrected chi connectivity index (χ0v) is 22.1. The van der Waals surface area contributed by atoms with E-state index in [-0.39, 0.29) is 18.9 Å². The van der Waals surface area contributed by atoms with Gasteiger partial charge in [-0.05, 0) is 47.9 Å². The number of amides is 1. The van der Waals surface area contributed by atoms with Crippen LogP contribution in [0.4, 0.5) is 8.78 Å². The van der Waals surface area contributed by atoms with Gasteiger partial charge in [0.2, 0.25) is 0 Å². The van der Waals surface area contributed by atoms with Crippen LogP contribution in [0.5, 0.6) is 5.75 Å². The molecule has 0 aromatic heterocycles. The van der Waals surface area contributed by atoms with Crippen LogP contribution < -0.4 is 10.2 Å². The summed E-state index contributed by atoms with van der Waals surface area (Å²) in [6.07, 6.45) is 1.97. The number of halogens is 2. The molecule has 2 heterocycles. The minimum atomic E-state index is -0.954. The molecular weight excluding hydrogens is 536 g/mol. The molecule has 2 aromatic rings. The van der Waals surface area contributed by atoms with Crippen molar-refractivity contribution in [3.8, 4) is 16.9 Å². The Morgan fingerprint density at radius 3 is 2.63 bits per heavy atom. The molecule has 202 valence electrons. The molecular formula is C26H27F2N3O5S2. The lowest BCUT2D eigenvalue weighted by Crippen LogP contribution is -2.41. The van der Waals surface area contributed by atoms with E-state index in [9.17, 15) is 18.4 Å². The van der Waals surface area contributed by atoms with Crippen molar-refractivity contribution in [2.45, 2.75) is 12.8 Å². The number of aliphatic carboxylic acids is 1. The monoisotopic (exact) mass is 563 g/mol. The number of nitrogens with one attached hydrogen (secondary N) is 1. The average Bonchev–Trinajstić information content (AvgIpc) is 3.16. The highest BCUT2D eigenvalue weighted by molar-refractivity contribution is 8.26. The van der Waals surface area contributed by atoms with Crippen molar-refractivity contribution in [3.63, 3.8) is 0 Å². The van der Waals surface area contributed by atoms with Crippen LogP contribution in [0.2, 0.25) is 0 Å². The second-order valence-electron chi connectivity index (χ2n) is 8.61. The van der Waals surface area contributed by atoms with Crippen molar-refractivity contribution in [2.24, 2.45) is 0 Å². The van der Waals surface area contributed by atoms with Crippen LogP contribution in [0.3, 0.4) is 0 Å². The van der Waals surface area contributed by atoms with Crippen LogP contribution >= 0.6 is 24.0 Å². The zero-order chi connectivity index (χ0) is 27.1. The number of nitrogens with zero attached hydrogens (tertiary/aromatic N) is 2. The van der Waals surface area contributed by atoms with Crippen molar-refractivity contribution in [2.75, 3.05) is 46.0 Å². The normalized spacial score (nSPS) is 17.4. The molecule has 2 fully saturated rings. The van der Waals surface area contributed by atoms with E-state index >= 15 is 0 Å². The highest BCUT2D eigenvalue weighted by Gasteiger charge is 2.32. The first-order valence-electron chi connectivity index (χ1n) is 12.1. The van der Waals surface area contributed by atoms with E-state index in [4.69, 9.17) is 26.8 Å². The summed E-state index contributed by atoms with van der Waals surface area (Å²) < 4.78 is 39.1. The third kappa shape index (κ3) is 7.35. The lowest BCUT2D eigenvalue weighted by atomic mass is 10.0. The molecule has 0 saturated carbocycles. The number of ether oxygens (including phenoxy) is 2. The predicted molar refractivity (Wildman–Crippen MR) is 144 cm³/mol. The molecule has 0 atom stereocenters. The summed E-state index contributed by atoms with van der Waals surface area (Å²) in [7, 11) is 0. The summed E-state index contributed by atoms with van der Waals surface area (Å²) in [5.41, 5.74) is 4.56. The molecule has 0 radical (unpaired) electrons. The number of morpholine rings is 1. The maximum Gasteiger partial charge on any atom is 0.303 e. The van der Waals surface area contributed by atoms with E-state index in [1.54, 1.807) is 24.3 Å². The third-order valence-corrected chi connectivity index (χ3v) is 7.25. The molecule has 0 aliphatic carbocycles. The summed E-state index contributed by atoms with van der Waals surface area (Å²) in [4.78, 5) is 26.4. The van der Waals surface area contributed by atoms with Crippen LogP contribution in [0.25, 0.3) is 17.2 Å². The summed E-state index contributed by atoms with van der Waals surface area (Å²) in [5, 5.41) is 10.0. The van der Waals surface area contributed by atoms with E-state index in [0.29, 0.717) is 64.5 Å². The molecule has 8 nitrogen and oxygen atoms in total. The molecule has 2 aromatic carbocycles. The highest BCUT2D eigenvalue weighted by Crippen LogP contribution is 2.35. The minimum absolute atomic E-state index is 0.0282. The lowest BCUT2D eigenvalue weighted by molar-refractivity contribution is -0.137. The number of carboxylic acids is 1. The van der Waals surface area contributed by atoms with Gasteiger partial charge in [0.1, 0.15) is 12.4 Å². The van der Waals surface area contributed by atoms with E-state index in [1.807, 2.05) is 0 Å². The fraction of sp³-hybridized carbons (Fsp3) is 0.346. The van der Waals surface area contributed by atoms with Crippen molar-refractivity contribution >= 4 is 46.3 Å². The molecule has 0 unspecified atom stereocenters. The van der Waals surface area contributed by atoms with Gasteiger partial charge in [0.15, 0.2) is 16.0 Å². The fourth-order valence-corrected chi connectivity index (χ4v) is 5.14. The van der Waals surface area contributed by atoms with Gasteiger partial charge < -0.3 is 14.6 Å². The Hall–Kier alpha value is -2.90. The summed E-state index contributed by atoms with van der Waals surface area (Å²) in [6, 6.07) is 8.92. The molecule has 2 saturated heterocycles. The van der Waals surface area contributed by atoms with Gasteiger partial charge in [-0.2, -0.15) is 0 Å². The van der Waals surface area contributed by atoms with Gasteiger partial charge in [0, 0.05) is 38.2 Å². The molecule has 12 heteroatoms. The second kappa shape index (κ2) is 13.3. The van der Waals surface area contributed by atoms with E-state index in [1.165, 1.54) is 11.1 Å². The van der Waals surface area contributed by atoms with Gasteiger partial charge in [-0.3, -0.25) is 14.5 Å². The second-order valence-corrected chi connectivity index (χ2v) is 10.3. The SMILES string of the molecule is O=C(O)CCCNN1C(=O)C(=Cc2cc(-c3ccc(F)c(F)c3)ccc2OCCN2CCOCC2)SC1=S. The molecule has 4 rings (SSSR count). The van der Waals surface area contributed by atoms with Crippen LogP contribution in [-0.2, 0) is 14.3 Å². The number of hydrazine groups is 1. The Morgan fingerprint density at radius 2 is 1.89 bits per heavy atom. The fourth-order valence-electron chi connectivity index (χ4n) is 3.93. The Bertz CT molecular complexity index is 1240. The molecule has 0 bridgehead atoms. The van der Waals surface area contributed by atoms with Crippen LogP contribution in [0.15, 0.2) is 41.3 Å². The number of thiocarbonyl (C=S) groups is 1. The van der Waals surface area contributed by atoms with Crippen molar-refractivity contribution in [1.82, 2.24) is 15.3 Å². The predicted octanol–water partition coefficient (Wildman–Crippen LogP) is 3.91. The van der Waals surface area contributed by atoms with Gasteiger partial charge >= 0.3 is 5.97 Å². The molecule has 2 N–H and O–H groups in total. The van der Waals surface area contributed by atoms with Gasteiger partial charge in [0.25, 0.3) is 5.91 Å². The van der Waals surface area contributed by atoms with Gasteiger partial charge in [0.05, 0.1) is 18.1 Å². The van der Waals surface area contributed by atoms with Crippen molar-refractivity contribution in [3.05, 3.63) is 58.5 Å². The topological polar surface area (TPSA) is 91.3 Å². The van der Waals surface area contributed by atoms with Crippen LogP contribution in [0.1, 0.15) is 18.4 Å². The summed E-state index contributed by atoms with van der Waals surface area (Å²) in [5.74, 6) is -2.64. The maximum atomic E-state index is 13.9. The molecule has 38 heavy (non-hydrogen) atoms. The van der Waals surface area contributed by atoms with Gasteiger partial charge in [-0.15, -0.1) is 0 Å². The Kier molecular flexibility index (Phi) is 9.80. The zero-order valence-electron chi connectivity index (χ0n) is 20.5. The lowest BCUT2D eigenvalue weighted by Gasteiger charge is -2.26. The van der Waals surface area contributed by atoms with Crippen molar-refractivity contribution < 1.29 is 33.0 Å². The van der Waals surface area contributed by atoms with E-state index < -0.39 is 17.6 Å². The quantitative estimate of drug-likeness (QED) is 0.240. The first-order chi connectivity index (χ1) is 18.3. The Labute approximate surface area is 228 Å². The first kappa shape index (κ1) is 28.1. The molecule has 2 aliphatic heterocycles. The number of benzene rings is 2. The first-order valence-corrected chi connectivity index (χ1v) is 13.3. The number of carbonyl (C=O) groups is 2. The number of carbonyl (C=O) groups excluding carboxylic acids is 1. The molecule has 0 spiro atoms. The van der Waals surface area contributed by atoms with E-state index in [0.717, 1.165) is 37.0 Å². The average molecular weight is 564 g/mol. The van der Waals surface area contributed by atoms with Crippen LogP contribution in [0, 0.1) is 11.6 Å². The maximum absolute atomic E-state index is 13.9. The Morgan fingerprint density at radius 1 is 1.16 bits per heavy atom. The van der Waals surface area contributed by atoms with E-state index in [2.05, 4.69) is 10.3 Å². The molecule has 2 aliphatic rings. The molecule has 1 amide bonds. The van der Waals surface area contributed by atoms with Crippen molar-refractivity contribution in [1.29, 1.82) is 0 Å². The highest BCUT2D eigenvalue weighted by atomic mass is 32.2. The third-order valence-electron chi connectivity index (χ3n) is 5.95. The standard InChI is InChI=1S/C26H27F2N3O5S2/c27-20-5-3-18(15-21(20)28)17-4-6-22(36-13-10-30-8-11-35-12-9-30)19(14-17)16-23-25(34)31(26(37)38-23)29-7-1-2-24(32)33/h3-6,14-16,29H,1-2,7-13H2,(H,32,33). The Balaban J connectivity index is 1.55.